The number of hydrogen-bond acceptors (Lipinski definition) is 6. The van der Waals surface area contributed by atoms with Gasteiger partial charge in [-0.1, -0.05) is 30.3 Å². The number of nitrogens with zero attached hydrogens (tertiary/aromatic N) is 4. The van der Waals surface area contributed by atoms with E-state index in [1.807, 2.05) is 0 Å². The van der Waals surface area contributed by atoms with Gasteiger partial charge in [-0.05, 0) is 12.0 Å². The van der Waals surface area contributed by atoms with Crippen molar-refractivity contribution in [2.75, 3.05) is 12.3 Å². The van der Waals surface area contributed by atoms with Crippen LogP contribution in [0.15, 0.2) is 43.0 Å². The first-order chi connectivity index (χ1) is 12.4. The molecule has 2 heterocycles. The van der Waals surface area contributed by atoms with Gasteiger partial charge < -0.3 is 25.2 Å². The topological polar surface area (TPSA) is 147 Å². The summed E-state index contributed by atoms with van der Waals surface area (Å²) in [6.45, 7) is 0.0658. The second-order valence-corrected chi connectivity index (χ2v) is 7.93. The van der Waals surface area contributed by atoms with E-state index in [1.54, 1.807) is 34.9 Å². The van der Waals surface area contributed by atoms with Gasteiger partial charge in [0.2, 0.25) is 0 Å². The van der Waals surface area contributed by atoms with E-state index >= 15 is 0 Å². The van der Waals surface area contributed by atoms with Crippen molar-refractivity contribution in [1.82, 2.24) is 19.5 Å². The molecule has 27 heavy (non-hydrogen) atoms. The Morgan fingerprint density at radius 1 is 1.15 bits per heavy atom. The Labute approximate surface area is 178 Å². The molecular formula is C16H20N5NaO4P. The Kier molecular flexibility index (Phi) is 7.53. The van der Waals surface area contributed by atoms with Crippen LogP contribution in [0.4, 0.5) is 5.82 Å². The van der Waals surface area contributed by atoms with Crippen molar-refractivity contribution >= 4 is 54.1 Å². The van der Waals surface area contributed by atoms with E-state index in [4.69, 9.17) is 5.73 Å². The summed E-state index contributed by atoms with van der Waals surface area (Å²) < 4.78 is 13.7. The minimum atomic E-state index is -4.39. The fourth-order valence-electron chi connectivity index (χ4n) is 2.98. The van der Waals surface area contributed by atoms with Gasteiger partial charge in [-0.2, -0.15) is 0 Å². The smallest absolute Gasteiger partial charge is 0.332 e. The molecule has 11 heteroatoms. The maximum absolute atomic E-state index is 12.0. The van der Waals surface area contributed by atoms with Crippen LogP contribution >= 0.6 is 7.60 Å². The molecule has 139 valence electrons. The predicted octanol–water partition coefficient (Wildman–Crippen LogP) is 0.945. The van der Waals surface area contributed by atoms with Crippen LogP contribution in [-0.4, -0.2) is 70.6 Å². The summed E-state index contributed by atoms with van der Waals surface area (Å²) in [6.07, 6.45) is 2.98. The third-order valence-electron chi connectivity index (χ3n) is 4.29. The van der Waals surface area contributed by atoms with E-state index in [-0.39, 0.29) is 48.4 Å². The number of hydrogen-bond donors (Lipinski definition) is 4. The molecule has 0 aliphatic carbocycles. The molecule has 1 radical (unpaired) electrons. The van der Waals surface area contributed by atoms with Gasteiger partial charge in [0.25, 0.3) is 0 Å². The van der Waals surface area contributed by atoms with Gasteiger partial charge in [0.1, 0.15) is 11.8 Å². The minimum absolute atomic E-state index is 0. The van der Waals surface area contributed by atoms with Crippen LogP contribution in [0.3, 0.4) is 0 Å². The van der Waals surface area contributed by atoms with E-state index in [0.717, 1.165) is 0 Å². The standard InChI is InChI=1S/C16H20N5O4P.Na/c17-15-14-16(19-9-18-15)21(10-20-14)7-11(8-22)6-13(26(23,24)25)12-4-2-1-3-5-12;/h1-5,9-11,13,22H,6-8H2,(H2,17,18,19)(H2,23,24,25);. The fraction of sp³-hybridized carbons (Fsp3) is 0.312. The van der Waals surface area contributed by atoms with Gasteiger partial charge in [0.15, 0.2) is 11.5 Å². The Balaban J connectivity index is 0.00000261. The van der Waals surface area contributed by atoms with Gasteiger partial charge >= 0.3 is 7.60 Å². The largest absolute Gasteiger partial charge is 0.396 e. The van der Waals surface area contributed by atoms with E-state index in [2.05, 4.69) is 15.0 Å². The maximum Gasteiger partial charge on any atom is 0.332 e. The maximum atomic E-state index is 12.0. The summed E-state index contributed by atoms with van der Waals surface area (Å²) in [5, 5.41) is 9.77. The molecule has 5 N–H and O–H groups in total. The molecule has 1 aromatic carbocycles. The summed E-state index contributed by atoms with van der Waals surface area (Å²) in [6, 6.07) is 8.60. The molecule has 0 aliphatic heterocycles. The predicted molar refractivity (Wildman–Crippen MR) is 102 cm³/mol. The average molecular weight is 400 g/mol. The number of nitrogens with two attached hydrogens (primary N) is 1. The number of nitrogen functional groups attached to an aromatic ring is 1. The quantitative estimate of drug-likeness (QED) is 0.338. The van der Waals surface area contributed by atoms with Crippen LogP contribution in [0, 0.1) is 5.92 Å². The summed E-state index contributed by atoms with van der Waals surface area (Å²) in [7, 11) is -4.39. The molecule has 0 saturated carbocycles. The molecule has 3 rings (SSSR count). The zero-order valence-electron chi connectivity index (χ0n) is 14.9. The molecule has 3 aromatic rings. The van der Waals surface area contributed by atoms with Crippen molar-refractivity contribution in [3.63, 3.8) is 0 Å². The first-order valence-electron chi connectivity index (χ1n) is 8.02. The molecule has 0 aliphatic rings. The van der Waals surface area contributed by atoms with Crippen molar-refractivity contribution in [3.8, 4) is 0 Å². The molecule has 0 bridgehead atoms. The number of aliphatic hydroxyl groups excluding tert-OH is 1. The number of benzene rings is 1. The Morgan fingerprint density at radius 3 is 2.48 bits per heavy atom. The number of fused-ring (bicyclic) bond motifs is 1. The third kappa shape index (κ3) is 5.14. The van der Waals surface area contributed by atoms with Gasteiger partial charge in [-0.25, -0.2) is 15.0 Å². The van der Waals surface area contributed by atoms with Crippen LogP contribution in [0.2, 0.25) is 0 Å². The van der Waals surface area contributed by atoms with E-state index in [9.17, 15) is 19.5 Å². The number of rotatable bonds is 7. The molecule has 2 atom stereocenters. The Morgan fingerprint density at radius 2 is 1.85 bits per heavy atom. The van der Waals surface area contributed by atoms with E-state index in [1.165, 1.54) is 12.7 Å². The first-order valence-corrected chi connectivity index (χ1v) is 9.70. The van der Waals surface area contributed by atoms with Crippen molar-refractivity contribution in [1.29, 1.82) is 0 Å². The van der Waals surface area contributed by atoms with Gasteiger partial charge in [0, 0.05) is 48.6 Å². The van der Waals surface area contributed by atoms with Crippen LogP contribution < -0.4 is 5.73 Å². The van der Waals surface area contributed by atoms with Crippen molar-refractivity contribution in [2.24, 2.45) is 5.92 Å². The fourth-order valence-corrected chi connectivity index (χ4v) is 4.11. The number of anilines is 1. The average Bonchev–Trinajstić information content (AvgIpc) is 3.02. The van der Waals surface area contributed by atoms with Gasteiger partial charge in [-0.15, -0.1) is 0 Å². The van der Waals surface area contributed by atoms with Crippen LogP contribution in [0.1, 0.15) is 17.6 Å². The molecule has 9 nitrogen and oxygen atoms in total. The first kappa shape index (κ1) is 22.0. The zero-order valence-corrected chi connectivity index (χ0v) is 17.8. The second kappa shape index (κ2) is 9.25. The Bertz CT molecular complexity index is 933. The molecule has 0 fully saturated rings. The van der Waals surface area contributed by atoms with Crippen LogP contribution in [0.5, 0.6) is 0 Å². The molecule has 2 unspecified atom stereocenters. The summed E-state index contributed by atoms with van der Waals surface area (Å²) in [5.41, 5.74) is 6.29. The molecular weight excluding hydrogens is 380 g/mol. The van der Waals surface area contributed by atoms with Crippen LogP contribution in [0.25, 0.3) is 11.2 Å². The monoisotopic (exact) mass is 400 g/mol. The van der Waals surface area contributed by atoms with Crippen molar-refractivity contribution in [2.45, 2.75) is 18.6 Å². The van der Waals surface area contributed by atoms with Gasteiger partial charge in [-0.3, -0.25) is 4.57 Å². The van der Waals surface area contributed by atoms with Crippen LogP contribution in [-0.2, 0) is 11.1 Å². The second-order valence-electron chi connectivity index (χ2n) is 6.13. The zero-order chi connectivity index (χ0) is 18.7. The van der Waals surface area contributed by atoms with Crippen molar-refractivity contribution in [3.05, 3.63) is 48.5 Å². The molecule has 0 saturated heterocycles. The molecule has 0 amide bonds. The normalized spacial score (nSPS) is 13.9. The summed E-state index contributed by atoms with van der Waals surface area (Å²) >= 11 is 0. The third-order valence-corrected chi connectivity index (χ3v) is 5.61. The summed E-state index contributed by atoms with van der Waals surface area (Å²) in [5.74, 6) is -0.145. The number of aliphatic hydroxyl groups is 1. The molecule has 2 aromatic heterocycles. The number of aromatic nitrogens is 4. The SMILES string of the molecule is Nc1ncnc2c1ncn2CC(CO)CC(c1ccccc1)P(=O)(O)O.[Na]. The van der Waals surface area contributed by atoms with Gasteiger partial charge in [0.05, 0.1) is 12.0 Å². The Hall–Kier alpha value is -1.32. The van der Waals surface area contributed by atoms with E-state index in [0.29, 0.717) is 23.3 Å². The molecule has 0 spiro atoms. The van der Waals surface area contributed by atoms with E-state index < -0.39 is 19.2 Å². The van der Waals surface area contributed by atoms with Crippen molar-refractivity contribution < 1.29 is 19.5 Å². The minimum Gasteiger partial charge on any atom is -0.396 e. The number of imidazole rings is 1. The summed E-state index contributed by atoms with van der Waals surface area (Å²) in [4.78, 5) is 31.8.